The first-order chi connectivity index (χ1) is 46.7. The number of hydrogen-bond donors (Lipinski definition) is 0. The van der Waals surface area contributed by atoms with Crippen LogP contribution < -0.4 is 62.0 Å². The van der Waals surface area contributed by atoms with Crippen molar-refractivity contribution in [2.45, 2.75) is 0 Å². The zero-order valence-corrected chi connectivity index (χ0v) is 52.3. The lowest BCUT2D eigenvalue weighted by molar-refractivity contribution is 0.487. The van der Waals surface area contributed by atoms with Crippen molar-refractivity contribution < 1.29 is 4.74 Å². The van der Waals surface area contributed by atoms with Crippen molar-refractivity contribution >= 4 is 195 Å². The van der Waals surface area contributed by atoms with Crippen LogP contribution in [-0.4, -0.2) is 13.4 Å². The lowest BCUT2D eigenvalue weighted by Gasteiger charge is -2.47. The quantitative estimate of drug-likeness (QED) is 0.134. The molecule has 0 N–H and O–H groups in total. The zero-order chi connectivity index (χ0) is 61.5. The van der Waals surface area contributed by atoms with E-state index in [0.29, 0.717) is 0 Å². The first-order valence-corrected chi connectivity index (χ1v) is 33.8. The molecule has 0 bridgehead atoms. The molecule has 20 rings (SSSR count). The number of para-hydroxylation sites is 7. The molecule has 6 heterocycles. The number of anilines is 15. The number of thiophene rings is 2. The Morgan fingerprint density at radius 1 is 0.266 bits per heavy atom. The zero-order valence-electron chi connectivity index (χ0n) is 50.7. The Balaban J connectivity index is 0.890. The molecular formula is C84H53B2N5OS2. The number of ether oxygens (including phenoxy) is 1. The van der Waals surface area contributed by atoms with Gasteiger partial charge in [-0.05, 0) is 166 Å². The molecule has 0 radical (unpaired) electrons. The average molecular weight is 1230 g/mol. The molecule has 0 unspecified atom stereocenters. The largest absolute Gasteiger partial charge is 0.458 e. The maximum atomic E-state index is 7.41. The maximum Gasteiger partial charge on any atom is 0.256 e. The third-order valence-corrected chi connectivity index (χ3v) is 21.8. The van der Waals surface area contributed by atoms with E-state index in [1.165, 1.54) is 62.2 Å². The van der Waals surface area contributed by atoms with Gasteiger partial charge in [-0.2, -0.15) is 0 Å². The summed E-state index contributed by atoms with van der Waals surface area (Å²) in [6, 6.07) is 119. The summed E-state index contributed by atoms with van der Waals surface area (Å²) in [7, 11) is 0. The van der Waals surface area contributed by atoms with Crippen LogP contribution in [0.1, 0.15) is 0 Å². The summed E-state index contributed by atoms with van der Waals surface area (Å²) in [6.45, 7) is -0.386. The average Bonchev–Trinajstić information content (AvgIpc) is 0.732. The van der Waals surface area contributed by atoms with Gasteiger partial charge < -0.3 is 29.2 Å². The van der Waals surface area contributed by atoms with Crippen LogP contribution >= 0.6 is 22.7 Å². The molecule has 0 saturated heterocycles. The third-order valence-electron chi connectivity index (χ3n) is 19.6. The molecule has 0 fully saturated rings. The second kappa shape index (κ2) is 21.0. The van der Waals surface area contributed by atoms with Gasteiger partial charge in [0.2, 0.25) is 0 Å². The van der Waals surface area contributed by atoms with Crippen molar-refractivity contribution in [3.05, 3.63) is 322 Å². The van der Waals surface area contributed by atoms with Crippen LogP contribution in [0.2, 0.25) is 0 Å². The van der Waals surface area contributed by atoms with Crippen LogP contribution in [0.3, 0.4) is 0 Å². The van der Waals surface area contributed by atoms with E-state index in [9.17, 15) is 0 Å². The van der Waals surface area contributed by atoms with Gasteiger partial charge in [0.25, 0.3) is 13.4 Å². The van der Waals surface area contributed by atoms with Crippen molar-refractivity contribution in [2.75, 3.05) is 24.5 Å². The van der Waals surface area contributed by atoms with Gasteiger partial charge in [0.05, 0.1) is 22.7 Å². The van der Waals surface area contributed by atoms with Gasteiger partial charge in [0, 0.05) is 109 Å². The molecule has 4 aliphatic heterocycles. The van der Waals surface area contributed by atoms with E-state index < -0.39 is 0 Å². The molecule has 0 atom stereocenters. The van der Waals surface area contributed by atoms with E-state index >= 15 is 0 Å². The normalized spacial score (nSPS) is 13.1. The van der Waals surface area contributed by atoms with Crippen molar-refractivity contribution in [3.63, 3.8) is 0 Å². The van der Waals surface area contributed by atoms with Gasteiger partial charge in [0.1, 0.15) is 11.5 Å². The Morgan fingerprint density at radius 3 is 1.34 bits per heavy atom. The second-order valence-electron chi connectivity index (χ2n) is 24.7. The Hall–Kier alpha value is -11.6. The molecule has 94 heavy (non-hydrogen) atoms. The lowest BCUT2D eigenvalue weighted by atomic mass is 9.30. The molecule has 6 nitrogen and oxygen atoms in total. The van der Waals surface area contributed by atoms with Crippen molar-refractivity contribution in [1.82, 2.24) is 0 Å². The molecule has 0 aliphatic carbocycles. The highest BCUT2D eigenvalue weighted by Crippen LogP contribution is 2.54. The summed E-state index contributed by atoms with van der Waals surface area (Å²) >= 11 is 3.71. The van der Waals surface area contributed by atoms with E-state index in [1.54, 1.807) is 0 Å². The van der Waals surface area contributed by atoms with Gasteiger partial charge in [-0.1, -0.05) is 182 Å². The molecule has 438 valence electrons. The summed E-state index contributed by atoms with van der Waals surface area (Å²) in [5, 5.41) is 4.98. The summed E-state index contributed by atoms with van der Waals surface area (Å²) in [5.74, 6) is 1.70. The van der Waals surface area contributed by atoms with Gasteiger partial charge in [-0.25, -0.2) is 0 Å². The van der Waals surface area contributed by atoms with Gasteiger partial charge >= 0.3 is 0 Å². The van der Waals surface area contributed by atoms with Gasteiger partial charge in [-0.15, -0.1) is 22.7 Å². The van der Waals surface area contributed by atoms with Crippen LogP contribution in [0.25, 0.3) is 40.3 Å². The summed E-state index contributed by atoms with van der Waals surface area (Å²) in [6.07, 6.45) is 0. The first-order valence-electron chi connectivity index (χ1n) is 32.1. The fourth-order valence-corrected chi connectivity index (χ4v) is 18.1. The van der Waals surface area contributed by atoms with Crippen LogP contribution in [0.15, 0.2) is 322 Å². The highest BCUT2D eigenvalue weighted by Gasteiger charge is 2.49. The molecule has 16 aromatic rings. The minimum atomic E-state index is -0.197. The molecule has 10 heteroatoms. The predicted octanol–water partition coefficient (Wildman–Crippen LogP) is 19.8. The third kappa shape index (κ3) is 7.97. The fourth-order valence-electron chi connectivity index (χ4n) is 15.8. The van der Waals surface area contributed by atoms with Gasteiger partial charge in [-0.3, -0.25) is 0 Å². The van der Waals surface area contributed by atoms with Crippen LogP contribution in [-0.2, 0) is 0 Å². The molecule has 0 spiro atoms. The van der Waals surface area contributed by atoms with Crippen LogP contribution in [0.4, 0.5) is 85.3 Å². The van der Waals surface area contributed by atoms with E-state index in [4.69, 9.17) is 4.74 Å². The monoisotopic (exact) mass is 1230 g/mol. The van der Waals surface area contributed by atoms with Gasteiger partial charge in [0.15, 0.2) is 0 Å². The molecule has 0 amide bonds. The van der Waals surface area contributed by atoms with E-state index in [-0.39, 0.29) is 13.4 Å². The minimum Gasteiger partial charge on any atom is -0.458 e. The van der Waals surface area contributed by atoms with Crippen molar-refractivity contribution in [2.24, 2.45) is 0 Å². The predicted molar refractivity (Wildman–Crippen MR) is 401 cm³/mol. The number of fused-ring (bicyclic) bond motifs is 14. The molecule has 4 aliphatic rings. The van der Waals surface area contributed by atoms with E-state index in [2.05, 4.69) is 346 Å². The SMILES string of the molecule is c1ccc(N(c2ccccc2)c2cc3c4c(c2)N(c2cccc5sc6ccccc6c25)c2ccccc2B4c2cc4c(cc2N3c2ccccc2)N(c2ccccc2)c2cc(N(c3ccccc3)c3cccc5sc6ccccc6c35)cc3c2B4c2ccccc2O3)cc1. The molecule has 2 aromatic heterocycles. The van der Waals surface area contributed by atoms with Crippen LogP contribution in [0.5, 0.6) is 11.5 Å². The molecular weight excluding hydrogens is 1180 g/mol. The number of benzene rings is 14. The Labute approximate surface area is 553 Å². The second-order valence-corrected chi connectivity index (χ2v) is 26.8. The molecule has 14 aromatic carbocycles. The highest BCUT2D eigenvalue weighted by molar-refractivity contribution is 7.26. The summed E-state index contributed by atoms with van der Waals surface area (Å²) < 4.78 is 12.4. The maximum absolute atomic E-state index is 7.41. The first kappa shape index (κ1) is 53.1. The minimum absolute atomic E-state index is 0.189. The number of nitrogens with zero attached hydrogens (tertiary/aromatic N) is 5. The summed E-state index contributed by atoms with van der Waals surface area (Å²) in [4.78, 5) is 12.6. The van der Waals surface area contributed by atoms with Crippen molar-refractivity contribution in [1.29, 1.82) is 0 Å². The number of rotatable bonds is 9. The fraction of sp³-hybridized carbons (Fsp3) is 0. The number of hydrogen-bond acceptors (Lipinski definition) is 8. The topological polar surface area (TPSA) is 25.4 Å². The lowest BCUT2D eigenvalue weighted by Crippen LogP contribution is -2.64. The standard InChI is InChI=1S/C84H53B2N5OS2/c1-6-26-54(27-7-1)87(55-28-8-2-9-29-55)59-48-72-83-73(49-59)91(69-42-25-47-80-82(69)62-37-17-23-45-78(62)94-80)67-40-20-18-38-63(67)85(83)65-52-66-71(53-70(65)89(72)57-32-12-4-13-33-57)90(58-34-14-5-15-35-58)74-50-60(51-76-84(74)86(66)64-39-19-21-43-75(64)92-76)88(56-30-10-3-11-31-56)68-41-24-46-79-81(68)61-36-16-22-44-77(61)93-79/h1-53H. The summed E-state index contributed by atoms with van der Waals surface area (Å²) in [5.41, 5.74) is 23.6. The van der Waals surface area contributed by atoms with Crippen molar-refractivity contribution in [3.8, 4) is 11.5 Å². The van der Waals surface area contributed by atoms with Crippen LogP contribution in [0, 0.1) is 0 Å². The Morgan fingerprint density at radius 2 is 0.713 bits per heavy atom. The van der Waals surface area contributed by atoms with E-state index in [1.807, 2.05) is 22.7 Å². The highest BCUT2D eigenvalue weighted by atomic mass is 32.1. The Bertz CT molecular complexity index is 5690. The van der Waals surface area contributed by atoms with E-state index in [0.717, 1.165) is 108 Å². The smallest absolute Gasteiger partial charge is 0.256 e. The molecule has 0 saturated carbocycles. The Kier molecular flexibility index (Phi) is 11.9.